The number of carbonyl (C=O) groups is 1. The van der Waals surface area contributed by atoms with E-state index in [2.05, 4.69) is 24.5 Å². The normalized spacial score (nSPS) is 26.7. The number of hydrogen-bond donors (Lipinski definition) is 2. The highest BCUT2D eigenvalue weighted by Crippen LogP contribution is 2.01. The van der Waals surface area contributed by atoms with Crippen molar-refractivity contribution in [1.29, 1.82) is 0 Å². The van der Waals surface area contributed by atoms with Crippen LogP contribution in [0.1, 0.15) is 13.8 Å². The third-order valence-corrected chi connectivity index (χ3v) is 1.80. The highest BCUT2D eigenvalue weighted by molar-refractivity contribution is 5.79. The molecule has 10 heavy (non-hydrogen) atoms. The molecule has 0 aliphatic carbocycles. The van der Waals surface area contributed by atoms with Gasteiger partial charge in [0.25, 0.3) is 0 Å². The molecule has 1 aliphatic rings. The molecule has 2 N–H and O–H groups in total. The standard InChI is InChI=1S/C7H14N2O/c1-5(2)6-3-8-4-7(10)9-6/h5-6,8H,3-4H2,1-2H3,(H,9,10)/t6-/m0/s1. The zero-order valence-corrected chi connectivity index (χ0v) is 6.48. The number of piperazine rings is 1. The largest absolute Gasteiger partial charge is 0.351 e. The summed E-state index contributed by atoms with van der Waals surface area (Å²) in [6.07, 6.45) is 0. The predicted molar refractivity (Wildman–Crippen MR) is 39.6 cm³/mol. The molecule has 1 heterocycles. The Morgan fingerprint density at radius 2 is 2.30 bits per heavy atom. The molecule has 1 saturated heterocycles. The molecule has 1 amide bonds. The quantitative estimate of drug-likeness (QED) is 0.529. The summed E-state index contributed by atoms with van der Waals surface area (Å²) in [7, 11) is 0. The van der Waals surface area contributed by atoms with Crippen molar-refractivity contribution in [3.8, 4) is 0 Å². The first kappa shape index (κ1) is 7.54. The maximum absolute atomic E-state index is 10.8. The van der Waals surface area contributed by atoms with Gasteiger partial charge in [-0.15, -0.1) is 0 Å². The van der Waals surface area contributed by atoms with Crippen LogP contribution in [0.4, 0.5) is 0 Å². The van der Waals surface area contributed by atoms with Gasteiger partial charge in [0.05, 0.1) is 6.54 Å². The maximum Gasteiger partial charge on any atom is 0.234 e. The van der Waals surface area contributed by atoms with Gasteiger partial charge < -0.3 is 10.6 Å². The molecule has 0 spiro atoms. The van der Waals surface area contributed by atoms with Crippen LogP contribution in [-0.4, -0.2) is 25.0 Å². The molecular weight excluding hydrogens is 128 g/mol. The lowest BCUT2D eigenvalue weighted by Crippen LogP contribution is -2.54. The Morgan fingerprint density at radius 3 is 2.70 bits per heavy atom. The fourth-order valence-corrected chi connectivity index (χ4v) is 1.05. The molecule has 0 aromatic carbocycles. The average Bonchev–Trinajstić information content (AvgIpc) is 1.88. The van der Waals surface area contributed by atoms with Gasteiger partial charge in [-0.1, -0.05) is 13.8 Å². The summed E-state index contributed by atoms with van der Waals surface area (Å²) < 4.78 is 0. The van der Waals surface area contributed by atoms with Crippen LogP contribution in [0.5, 0.6) is 0 Å². The Hall–Kier alpha value is -0.570. The summed E-state index contributed by atoms with van der Waals surface area (Å²) in [5, 5.41) is 5.97. The van der Waals surface area contributed by atoms with E-state index in [0.29, 0.717) is 18.5 Å². The van der Waals surface area contributed by atoms with E-state index in [0.717, 1.165) is 6.54 Å². The Balaban J connectivity index is 2.39. The molecule has 1 fully saturated rings. The van der Waals surface area contributed by atoms with E-state index in [9.17, 15) is 4.79 Å². The van der Waals surface area contributed by atoms with Crippen molar-refractivity contribution in [2.75, 3.05) is 13.1 Å². The minimum absolute atomic E-state index is 0.116. The van der Waals surface area contributed by atoms with Gasteiger partial charge in [0.15, 0.2) is 0 Å². The first-order valence-electron chi connectivity index (χ1n) is 3.70. The van der Waals surface area contributed by atoms with Crippen LogP contribution >= 0.6 is 0 Å². The van der Waals surface area contributed by atoms with Gasteiger partial charge in [0.2, 0.25) is 5.91 Å². The number of amides is 1. The molecule has 0 unspecified atom stereocenters. The zero-order chi connectivity index (χ0) is 7.56. The lowest BCUT2D eigenvalue weighted by Gasteiger charge is -2.26. The van der Waals surface area contributed by atoms with Crippen molar-refractivity contribution in [1.82, 2.24) is 10.6 Å². The molecule has 0 saturated carbocycles. The van der Waals surface area contributed by atoms with Crippen molar-refractivity contribution >= 4 is 5.91 Å². The van der Waals surface area contributed by atoms with E-state index in [1.54, 1.807) is 0 Å². The molecule has 58 valence electrons. The van der Waals surface area contributed by atoms with E-state index >= 15 is 0 Å². The Morgan fingerprint density at radius 1 is 1.60 bits per heavy atom. The molecule has 0 aromatic heterocycles. The fraction of sp³-hybridized carbons (Fsp3) is 0.857. The Bertz CT molecular complexity index is 134. The van der Waals surface area contributed by atoms with E-state index in [1.165, 1.54) is 0 Å². The van der Waals surface area contributed by atoms with Gasteiger partial charge in [-0.25, -0.2) is 0 Å². The van der Waals surface area contributed by atoms with Crippen molar-refractivity contribution < 1.29 is 4.79 Å². The van der Waals surface area contributed by atoms with E-state index in [4.69, 9.17) is 0 Å². The summed E-state index contributed by atoms with van der Waals surface area (Å²) >= 11 is 0. The van der Waals surface area contributed by atoms with E-state index < -0.39 is 0 Å². The Labute approximate surface area is 61.2 Å². The van der Waals surface area contributed by atoms with Crippen LogP contribution < -0.4 is 10.6 Å². The van der Waals surface area contributed by atoms with Crippen LogP contribution in [0, 0.1) is 5.92 Å². The second-order valence-electron chi connectivity index (χ2n) is 3.05. The molecule has 3 nitrogen and oxygen atoms in total. The molecule has 1 aliphatic heterocycles. The number of carbonyl (C=O) groups excluding carboxylic acids is 1. The smallest absolute Gasteiger partial charge is 0.234 e. The predicted octanol–water partition coefficient (Wildman–Crippen LogP) is -0.270. The van der Waals surface area contributed by atoms with E-state index in [1.807, 2.05) is 0 Å². The summed E-state index contributed by atoms with van der Waals surface area (Å²) in [4.78, 5) is 10.8. The van der Waals surface area contributed by atoms with Gasteiger partial charge in [-0.05, 0) is 5.92 Å². The molecule has 0 aromatic rings. The third kappa shape index (κ3) is 1.70. The monoisotopic (exact) mass is 142 g/mol. The first-order chi connectivity index (χ1) is 4.70. The second-order valence-corrected chi connectivity index (χ2v) is 3.05. The molecule has 3 heteroatoms. The molecule has 1 rings (SSSR count). The summed E-state index contributed by atoms with van der Waals surface area (Å²) in [6, 6.07) is 0.321. The van der Waals surface area contributed by atoms with Gasteiger partial charge >= 0.3 is 0 Å². The summed E-state index contributed by atoms with van der Waals surface area (Å²) in [5.41, 5.74) is 0. The third-order valence-electron chi connectivity index (χ3n) is 1.80. The van der Waals surface area contributed by atoms with Crippen LogP contribution in [-0.2, 0) is 4.79 Å². The Kier molecular flexibility index (Phi) is 2.27. The molecular formula is C7H14N2O. The zero-order valence-electron chi connectivity index (χ0n) is 6.48. The van der Waals surface area contributed by atoms with Gasteiger partial charge in [0, 0.05) is 12.6 Å². The van der Waals surface area contributed by atoms with Gasteiger partial charge in [-0.3, -0.25) is 4.79 Å². The SMILES string of the molecule is CC(C)[C@@H]1CNCC(=O)N1. The fourth-order valence-electron chi connectivity index (χ4n) is 1.05. The van der Waals surface area contributed by atoms with Crippen molar-refractivity contribution in [2.45, 2.75) is 19.9 Å². The maximum atomic E-state index is 10.8. The second kappa shape index (κ2) is 3.01. The number of hydrogen-bond acceptors (Lipinski definition) is 2. The van der Waals surface area contributed by atoms with Crippen LogP contribution in [0.3, 0.4) is 0 Å². The molecule has 0 bridgehead atoms. The summed E-state index contributed by atoms with van der Waals surface area (Å²) in [6.45, 7) is 5.60. The van der Waals surface area contributed by atoms with Crippen LogP contribution in [0.15, 0.2) is 0 Å². The minimum Gasteiger partial charge on any atom is -0.351 e. The van der Waals surface area contributed by atoms with Crippen molar-refractivity contribution in [3.63, 3.8) is 0 Å². The lowest BCUT2D eigenvalue weighted by atomic mass is 10.0. The first-order valence-corrected chi connectivity index (χ1v) is 3.70. The highest BCUT2D eigenvalue weighted by Gasteiger charge is 2.19. The molecule has 1 atom stereocenters. The molecule has 0 radical (unpaired) electrons. The van der Waals surface area contributed by atoms with Crippen LogP contribution in [0.25, 0.3) is 0 Å². The average molecular weight is 142 g/mol. The summed E-state index contributed by atoms with van der Waals surface area (Å²) in [5.74, 6) is 0.640. The van der Waals surface area contributed by atoms with Crippen molar-refractivity contribution in [3.05, 3.63) is 0 Å². The van der Waals surface area contributed by atoms with E-state index in [-0.39, 0.29) is 5.91 Å². The van der Waals surface area contributed by atoms with Gasteiger partial charge in [-0.2, -0.15) is 0 Å². The topological polar surface area (TPSA) is 41.1 Å². The lowest BCUT2D eigenvalue weighted by molar-refractivity contribution is -0.122. The van der Waals surface area contributed by atoms with Gasteiger partial charge in [0.1, 0.15) is 0 Å². The number of nitrogens with one attached hydrogen (secondary N) is 2. The van der Waals surface area contributed by atoms with Crippen molar-refractivity contribution in [2.24, 2.45) is 5.92 Å². The highest BCUT2D eigenvalue weighted by atomic mass is 16.2. The van der Waals surface area contributed by atoms with Crippen LogP contribution in [0.2, 0.25) is 0 Å². The minimum atomic E-state index is 0.116. The number of rotatable bonds is 1.